The standard InChI is InChI=1S/C25H29N5O2/c1-18(20-5-3-2-4-6-20)28-24-22-15-23(29-25(22)27-17-26-24)21-9-7-19(8-10-21)16-30(11-13-31)12-14-32/h2-10,15,17-18,31-32H,11-14,16H2,1H3,(H2,26,27,28,29)/t18-/m1/s1. The fourth-order valence-electron chi connectivity index (χ4n) is 3.84. The van der Waals surface area contributed by atoms with E-state index in [0.717, 1.165) is 33.7 Å². The number of H-pyrrole nitrogens is 1. The Labute approximate surface area is 187 Å². The zero-order valence-electron chi connectivity index (χ0n) is 18.2. The van der Waals surface area contributed by atoms with E-state index in [-0.39, 0.29) is 19.3 Å². The predicted octanol–water partition coefficient (Wildman–Crippen LogP) is 3.58. The highest BCUT2D eigenvalue weighted by Gasteiger charge is 2.13. The summed E-state index contributed by atoms with van der Waals surface area (Å²) in [5.74, 6) is 0.800. The molecule has 4 N–H and O–H groups in total. The highest BCUT2D eigenvalue weighted by atomic mass is 16.3. The second-order valence-corrected chi connectivity index (χ2v) is 7.86. The first kappa shape index (κ1) is 22.0. The Morgan fingerprint density at radius 3 is 2.38 bits per heavy atom. The molecule has 0 aliphatic heterocycles. The third kappa shape index (κ3) is 5.13. The zero-order valence-corrected chi connectivity index (χ0v) is 18.2. The van der Waals surface area contributed by atoms with Gasteiger partial charge in [0.2, 0.25) is 0 Å². The SMILES string of the molecule is C[C@@H](Nc1ncnc2[nH]c(-c3ccc(CN(CCO)CCO)cc3)cc12)c1ccccc1. The third-order valence-electron chi connectivity index (χ3n) is 5.58. The maximum atomic E-state index is 9.20. The van der Waals surface area contributed by atoms with E-state index in [9.17, 15) is 10.2 Å². The molecule has 2 heterocycles. The number of rotatable bonds is 10. The predicted molar refractivity (Wildman–Crippen MR) is 127 cm³/mol. The van der Waals surface area contributed by atoms with Crippen molar-refractivity contribution in [2.75, 3.05) is 31.6 Å². The fourth-order valence-corrected chi connectivity index (χ4v) is 3.84. The van der Waals surface area contributed by atoms with Crippen molar-refractivity contribution in [3.05, 3.63) is 78.1 Å². The van der Waals surface area contributed by atoms with Gasteiger partial charge in [-0.1, -0.05) is 54.6 Å². The molecule has 166 valence electrons. The van der Waals surface area contributed by atoms with Gasteiger partial charge in [0.05, 0.1) is 18.6 Å². The number of hydrogen-bond donors (Lipinski definition) is 4. The van der Waals surface area contributed by atoms with Crippen molar-refractivity contribution in [2.24, 2.45) is 0 Å². The van der Waals surface area contributed by atoms with E-state index in [1.54, 1.807) is 6.33 Å². The van der Waals surface area contributed by atoms with Crippen molar-refractivity contribution >= 4 is 16.9 Å². The van der Waals surface area contributed by atoms with E-state index in [4.69, 9.17) is 0 Å². The number of hydrogen-bond acceptors (Lipinski definition) is 6. The summed E-state index contributed by atoms with van der Waals surface area (Å²) >= 11 is 0. The van der Waals surface area contributed by atoms with Gasteiger partial charge in [0.1, 0.15) is 17.8 Å². The normalized spacial score (nSPS) is 12.4. The first-order valence-corrected chi connectivity index (χ1v) is 10.9. The van der Waals surface area contributed by atoms with Crippen molar-refractivity contribution in [3.8, 4) is 11.3 Å². The molecule has 0 radical (unpaired) electrons. The van der Waals surface area contributed by atoms with E-state index >= 15 is 0 Å². The molecule has 1 atom stereocenters. The minimum Gasteiger partial charge on any atom is -0.395 e. The van der Waals surface area contributed by atoms with Crippen molar-refractivity contribution in [1.29, 1.82) is 0 Å². The minimum absolute atomic E-state index is 0.0768. The van der Waals surface area contributed by atoms with Crippen LogP contribution in [-0.4, -0.2) is 56.4 Å². The summed E-state index contributed by atoms with van der Waals surface area (Å²) in [7, 11) is 0. The van der Waals surface area contributed by atoms with Crippen LogP contribution in [0.2, 0.25) is 0 Å². The maximum absolute atomic E-state index is 9.20. The van der Waals surface area contributed by atoms with Crippen molar-refractivity contribution < 1.29 is 10.2 Å². The van der Waals surface area contributed by atoms with Gasteiger partial charge in [0, 0.05) is 31.4 Å². The number of benzene rings is 2. The van der Waals surface area contributed by atoms with E-state index in [1.165, 1.54) is 5.56 Å². The van der Waals surface area contributed by atoms with E-state index in [2.05, 4.69) is 69.7 Å². The van der Waals surface area contributed by atoms with Crippen LogP contribution in [0.25, 0.3) is 22.3 Å². The van der Waals surface area contributed by atoms with Gasteiger partial charge >= 0.3 is 0 Å². The van der Waals surface area contributed by atoms with E-state index < -0.39 is 0 Å². The Bertz CT molecular complexity index is 1120. The van der Waals surface area contributed by atoms with Gasteiger partial charge in [-0.2, -0.15) is 0 Å². The molecule has 0 unspecified atom stereocenters. The van der Waals surface area contributed by atoms with E-state index in [0.29, 0.717) is 19.6 Å². The molecule has 0 spiro atoms. The van der Waals surface area contributed by atoms with Gasteiger partial charge in [0.25, 0.3) is 0 Å². The highest BCUT2D eigenvalue weighted by Crippen LogP contribution is 2.29. The lowest BCUT2D eigenvalue weighted by Gasteiger charge is -2.20. The fraction of sp³-hybridized carbons (Fsp3) is 0.280. The molecule has 4 rings (SSSR count). The molecule has 2 aromatic heterocycles. The van der Waals surface area contributed by atoms with Crippen LogP contribution in [0, 0.1) is 0 Å². The number of aromatic nitrogens is 3. The molecule has 32 heavy (non-hydrogen) atoms. The molecule has 7 heteroatoms. The van der Waals surface area contributed by atoms with Crippen molar-refractivity contribution in [2.45, 2.75) is 19.5 Å². The van der Waals surface area contributed by atoms with Crippen LogP contribution < -0.4 is 5.32 Å². The average Bonchev–Trinajstić information content (AvgIpc) is 3.26. The summed E-state index contributed by atoms with van der Waals surface area (Å²) in [4.78, 5) is 14.3. The van der Waals surface area contributed by atoms with Gasteiger partial charge in [-0.3, -0.25) is 4.90 Å². The topological polar surface area (TPSA) is 97.3 Å². The molecule has 0 aliphatic carbocycles. The van der Waals surface area contributed by atoms with Gasteiger partial charge in [-0.15, -0.1) is 0 Å². The monoisotopic (exact) mass is 431 g/mol. The largest absolute Gasteiger partial charge is 0.395 e. The smallest absolute Gasteiger partial charge is 0.143 e. The van der Waals surface area contributed by atoms with Crippen LogP contribution in [0.1, 0.15) is 24.1 Å². The number of aliphatic hydroxyl groups excluding tert-OH is 2. The number of fused-ring (bicyclic) bond motifs is 1. The molecule has 0 bridgehead atoms. The number of aromatic amines is 1. The Morgan fingerprint density at radius 1 is 0.969 bits per heavy atom. The first-order chi connectivity index (χ1) is 15.7. The number of aliphatic hydroxyl groups is 2. The lowest BCUT2D eigenvalue weighted by Crippen LogP contribution is -2.29. The quantitative estimate of drug-likeness (QED) is 0.306. The average molecular weight is 432 g/mol. The maximum Gasteiger partial charge on any atom is 0.143 e. The Hall–Kier alpha value is -3.26. The van der Waals surface area contributed by atoms with Crippen molar-refractivity contribution in [1.82, 2.24) is 19.9 Å². The highest BCUT2D eigenvalue weighted by molar-refractivity contribution is 5.91. The summed E-state index contributed by atoms with van der Waals surface area (Å²) in [5, 5.41) is 22.9. The van der Waals surface area contributed by atoms with Gasteiger partial charge < -0.3 is 20.5 Å². The Balaban J connectivity index is 1.53. The molecule has 0 fully saturated rings. The Kier molecular flexibility index (Phi) is 7.11. The molecule has 0 aliphatic rings. The molecular weight excluding hydrogens is 402 g/mol. The van der Waals surface area contributed by atoms with Crippen LogP contribution in [0.3, 0.4) is 0 Å². The van der Waals surface area contributed by atoms with Crippen LogP contribution in [0.15, 0.2) is 67.0 Å². The lowest BCUT2D eigenvalue weighted by molar-refractivity contribution is 0.156. The molecule has 0 amide bonds. The zero-order chi connectivity index (χ0) is 22.3. The van der Waals surface area contributed by atoms with Gasteiger partial charge in [-0.05, 0) is 29.7 Å². The van der Waals surface area contributed by atoms with Crippen LogP contribution >= 0.6 is 0 Å². The van der Waals surface area contributed by atoms with Gasteiger partial charge in [0.15, 0.2) is 0 Å². The summed E-state index contributed by atoms with van der Waals surface area (Å²) in [6.45, 7) is 4.04. The molecule has 0 saturated carbocycles. The summed E-state index contributed by atoms with van der Waals surface area (Å²) in [6, 6.07) is 20.8. The second-order valence-electron chi connectivity index (χ2n) is 7.86. The molecular formula is C25H29N5O2. The molecule has 2 aromatic carbocycles. The van der Waals surface area contributed by atoms with Gasteiger partial charge in [-0.25, -0.2) is 9.97 Å². The number of nitrogens with zero attached hydrogens (tertiary/aromatic N) is 3. The first-order valence-electron chi connectivity index (χ1n) is 10.9. The molecule has 4 aromatic rings. The summed E-state index contributed by atoms with van der Waals surface area (Å²) < 4.78 is 0. The Morgan fingerprint density at radius 2 is 1.69 bits per heavy atom. The lowest BCUT2D eigenvalue weighted by atomic mass is 10.1. The summed E-state index contributed by atoms with van der Waals surface area (Å²) in [6.07, 6.45) is 1.57. The minimum atomic E-state index is 0.0768. The van der Waals surface area contributed by atoms with E-state index in [1.807, 2.05) is 23.1 Å². The van der Waals surface area contributed by atoms with Crippen LogP contribution in [0.4, 0.5) is 5.82 Å². The number of nitrogens with one attached hydrogen (secondary N) is 2. The van der Waals surface area contributed by atoms with Crippen LogP contribution in [0.5, 0.6) is 0 Å². The molecule has 7 nitrogen and oxygen atoms in total. The third-order valence-corrected chi connectivity index (χ3v) is 5.58. The van der Waals surface area contributed by atoms with Crippen molar-refractivity contribution in [3.63, 3.8) is 0 Å². The second kappa shape index (κ2) is 10.4. The van der Waals surface area contributed by atoms with Crippen LogP contribution in [-0.2, 0) is 6.54 Å². The summed E-state index contributed by atoms with van der Waals surface area (Å²) in [5.41, 5.74) is 5.15. The number of anilines is 1. The molecule has 0 saturated heterocycles.